The third kappa shape index (κ3) is 7.18. The Morgan fingerprint density at radius 1 is 1.25 bits per heavy atom. The Hall–Kier alpha value is -2.62. The summed E-state index contributed by atoms with van der Waals surface area (Å²) in [6, 6.07) is 4.06. The van der Waals surface area contributed by atoms with Crippen LogP contribution in [0.5, 0.6) is 0 Å². The highest BCUT2D eigenvalue weighted by Gasteiger charge is 2.38. The third-order valence-electron chi connectivity index (χ3n) is 4.05. The number of carboxylic acids is 1. The van der Waals surface area contributed by atoms with E-state index in [9.17, 15) is 18.0 Å². The van der Waals surface area contributed by atoms with Crippen molar-refractivity contribution in [2.45, 2.75) is 47.0 Å². The molecule has 2 rings (SSSR count). The number of aromatic amines is 1. The highest BCUT2D eigenvalue weighted by Crippen LogP contribution is 2.13. The van der Waals surface area contributed by atoms with Crippen molar-refractivity contribution in [1.29, 1.82) is 0 Å². The van der Waals surface area contributed by atoms with E-state index in [-0.39, 0.29) is 5.56 Å². The normalized spacial score (nSPS) is 11.3. The summed E-state index contributed by atoms with van der Waals surface area (Å²) in [5, 5.41) is 11.6. The number of aliphatic carboxylic acids is 1. The number of alkyl halides is 3. The van der Waals surface area contributed by atoms with E-state index in [2.05, 4.69) is 28.0 Å². The van der Waals surface area contributed by atoms with Crippen molar-refractivity contribution in [1.82, 2.24) is 19.7 Å². The molecule has 0 spiro atoms. The highest BCUT2D eigenvalue weighted by atomic mass is 19.4. The van der Waals surface area contributed by atoms with Crippen molar-refractivity contribution >= 4 is 5.97 Å². The van der Waals surface area contributed by atoms with Crippen molar-refractivity contribution in [3.05, 3.63) is 50.7 Å². The van der Waals surface area contributed by atoms with Gasteiger partial charge in [-0.2, -0.15) is 18.3 Å². The van der Waals surface area contributed by atoms with E-state index in [4.69, 9.17) is 9.90 Å². The lowest BCUT2D eigenvalue weighted by Crippen LogP contribution is -2.27. The fraction of sp³-hybridized carbons (Fsp3) is 0.500. The zero-order chi connectivity index (χ0) is 21.6. The summed E-state index contributed by atoms with van der Waals surface area (Å²) in [5.41, 5.74) is 5.10. The van der Waals surface area contributed by atoms with E-state index in [1.54, 1.807) is 0 Å². The first-order valence-electron chi connectivity index (χ1n) is 8.50. The van der Waals surface area contributed by atoms with Crippen molar-refractivity contribution in [2.75, 3.05) is 13.6 Å². The number of likely N-dealkylation sites (N-methyl/N-ethyl adjacent to an activating group) is 1. The Morgan fingerprint density at radius 2 is 1.82 bits per heavy atom. The summed E-state index contributed by atoms with van der Waals surface area (Å²) >= 11 is 0. The zero-order valence-electron chi connectivity index (χ0n) is 16.5. The Balaban J connectivity index is 0.000000480. The number of halogens is 3. The maximum absolute atomic E-state index is 12.0. The Morgan fingerprint density at radius 3 is 2.29 bits per heavy atom. The van der Waals surface area contributed by atoms with E-state index in [1.807, 2.05) is 38.6 Å². The van der Waals surface area contributed by atoms with Gasteiger partial charge in [0.2, 0.25) is 0 Å². The van der Waals surface area contributed by atoms with Crippen LogP contribution in [0, 0.1) is 27.7 Å². The second kappa shape index (κ2) is 9.54. The zero-order valence-corrected chi connectivity index (χ0v) is 16.5. The third-order valence-corrected chi connectivity index (χ3v) is 4.05. The average molecular weight is 402 g/mol. The molecule has 0 atom stereocenters. The largest absolute Gasteiger partial charge is 0.490 e. The van der Waals surface area contributed by atoms with Crippen LogP contribution in [-0.4, -0.2) is 50.5 Å². The molecule has 0 saturated carbocycles. The molecule has 10 heteroatoms. The minimum atomic E-state index is -5.08. The monoisotopic (exact) mass is 402 g/mol. The number of rotatable bonds is 5. The van der Waals surface area contributed by atoms with E-state index < -0.39 is 12.1 Å². The van der Waals surface area contributed by atoms with Gasteiger partial charge in [0.15, 0.2) is 0 Å². The van der Waals surface area contributed by atoms with Gasteiger partial charge in [-0.25, -0.2) is 4.79 Å². The number of nitrogens with zero attached hydrogens (tertiary/aromatic N) is 3. The summed E-state index contributed by atoms with van der Waals surface area (Å²) in [6.45, 7) is 10.3. The average Bonchev–Trinajstić information content (AvgIpc) is 2.88. The summed E-state index contributed by atoms with van der Waals surface area (Å²) in [5.74, 6) is -2.76. The minimum absolute atomic E-state index is 0.0102. The van der Waals surface area contributed by atoms with Crippen LogP contribution < -0.4 is 5.56 Å². The van der Waals surface area contributed by atoms with Gasteiger partial charge >= 0.3 is 12.1 Å². The van der Waals surface area contributed by atoms with Gasteiger partial charge in [0.25, 0.3) is 5.56 Å². The first-order valence-corrected chi connectivity index (χ1v) is 8.50. The van der Waals surface area contributed by atoms with Crippen LogP contribution in [0.4, 0.5) is 13.2 Å². The molecule has 156 valence electrons. The Labute approximate surface area is 160 Å². The first-order chi connectivity index (χ1) is 12.8. The van der Waals surface area contributed by atoms with Crippen molar-refractivity contribution in [2.24, 2.45) is 0 Å². The fourth-order valence-electron chi connectivity index (χ4n) is 2.44. The molecule has 0 aliphatic carbocycles. The number of aryl methyl sites for hydroxylation is 4. The number of hydrogen-bond donors (Lipinski definition) is 2. The van der Waals surface area contributed by atoms with Crippen molar-refractivity contribution < 1.29 is 23.1 Å². The number of nitrogens with one attached hydrogen (secondary N) is 1. The second-order valence-corrected chi connectivity index (χ2v) is 6.62. The molecule has 2 heterocycles. The number of carbonyl (C=O) groups is 1. The van der Waals surface area contributed by atoms with E-state index >= 15 is 0 Å². The van der Waals surface area contributed by atoms with Crippen LogP contribution in [0.25, 0.3) is 0 Å². The topological polar surface area (TPSA) is 91.2 Å². The van der Waals surface area contributed by atoms with E-state index in [1.165, 1.54) is 5.69 Å². The molecule has 0 radical (unpaired) electrons. The molecule has 0 aromatic carbocycles. The van der Waals surface area contributed by atoms with Crippen LogP contribution in [0.15, 0.2) is 16.9 Å². The molecular formula is C18H25F3N4O3. The van der Waals surface area contributed by atoms with Gasteiger partial charge in [0, 0.05) is 30.0 Å². The quantitative estimate of drug-likeness (QED) is 0.802. The molecule has 0 fully saturated rings. The smallest absolute Gasteiger partial charge is 0.475 e. The maximum atomic E-state index is 12.0. The number of hydrogen-bond acceptors (Lipinski definition) is 4. The molecule has 0 amide bonds. The van der Waals surface area contributed by atoms with Crippen LogP contribution in [0.1, 0.15) is 28.2 Å². The van der Waals surface area contributed by atoms with Gasteiger partial charge in [-0.1, -0.05) is 0 Å². The number of aromatic nitrogens is 3. The molecule has 2 aromatic heterocycles. The lowest BCUT2D eigenvalue weighted by Gasteiger charge is -2.17. The van der Waals surface area contributed by atoms with Gasteiger partial charge in [-0.05, 0) is 52.4 Å². The van der Waals surface area contributed by atoms with Gasteiger partial charge < -0.3 is 15.0 Å². The highest BCUT2D eigenvalue weighted by molar-refractivity contribution is 5.73. The van der Waals surface area contributed by atoms with Crippen molar-refractivity contribution in [3.8, 4) is 0 Å². The molecule has 28 heavy (non-hydrogen) atoms. The van der Waals surface area contributed by atoms with Crippen LogP contribution in [0.3, 0.4) is 0 Å². The second-order valence-electron chi connectivity index (χ2n) is 6.62. The minimum Gasteiger partial charge on any atom is -0.475 e. The van der Waals surface area contributed by atoms with Gasteiger partial charge in [0.05, 0.1) is 12.2 Å². The molecule has 0 aliphatic heterocycles. The SMILES string of the molecule is Cc1cc(C)n(CCN(C)Cc2cc(C)c(C)[nH]c2=O)n1.O=C(O)C(F)(F)F. The number of pyridine rings is 1. The molecule has 2 aromatic rings. The van der Waals surface area contributed by atoms with Gasteiger partial charge in [-0.15, -0.1) is 0 Å². The summed E-state index contributed by atoms with van der Waals surface area (Å²) in [6.07, 6.45) is -5.08. The number of carboxylic acid groups (broad SMARTS) is 1. The van der Waals surface area contributed by atoms with Crippen LogP contribution >= 0.6 is 0 Å². The van der Waals surface area contributed by atoms with E-state index in [0.717, 1.165) is 35.6 Å². The Kier molecular flexibility index (Phi) is 7.98. The lowest BCUT2D eigenvalue weighted by atomic mass is 10.1. The van der Waals surface area contributed by atoms with Crippen molar-refractivity contribution in [3.63, 3.8) is 0 Å². The fourth-order valence-corrected chi connectivity index (χ4v) is 2.44. The molecule has 0 saturated heterocycles. The molecular weight excluding hydrogens is 377 g/mol. The lowest BCUT2D eigenvalue weighted by molar-refractivity contribution is -0.192. The molecule has 2 N–H and O–H groups in total. The summed E-state index contributed by atoms with van der Waals surface area (Å²) < 4.78 is 33.7. The predicted molar refractivity (Wildman–Crippen MR) is 98.3 cm³/mol. The van der Waals surface area contributed by atoms with Crippen LogP contribution in [0.2, 0.25) is 0 Å². The maximum Gasteiger partial charge on any atom is 0.490 e. The molecule has 0 unspecified atom stereocenters. The Bertz CT molecular complexity index is 872. The summed E-state index contributed by atoms with van der Waals surface area (Å²) in [4.78, 5) is 25.9. The molecule has 0 aliphatic rings. The van der Waals surface area contributed by atoms with Gasteiger partial charge in [-0.3, -0.25) is 9.48 Å². The number of H-pyrrole nitrogens is 1. The predicted octanol–water partition coefficient (Wildman–Crippen LogP) is 2.57. The van der Waals surface area contributed by atoms with Gasteiger partial charge in [0.1, 0.15) is 0 Å². The van der Waals surface area contributed by atoms with Crippen LogP contribution in [-0.2, 0) is 17.9 Å². The molecule has 0 bridgehead atoms. The molecule has 7 nitrogen and oxygen atoms in total. The summed E-state index contributed by atoms with van der Waals surface area (Å²) in [7, 11) is 2.03. The van der Waals surface area contributed by atoms with E-state index in [0.29, 0.717) is 6.54 Å². The first kappa shape index (κ1) is 23.4. The standard InChI is InChI=1S/C16H24N4O.C2HF3O2/c1-11-8-15(16(21)17-14(11)4)10-19(5)6-7-20-13(3)9-12(2)18-20;3-2(4,5)1(6)7/h8-9H,6-7,10H2,1-5H3,(H,17,21);(H,6,7).